The molecule has 1 atom stereocenters. The molecule has 2 amide bonds. The van der Waals surface area contributed by atoms with E-state index in [2.05, 4.69) is 30.9 Å². The van der Waals surface area contributed by atoms with Crippen molar-refractivity contribution in [2.75, 3.05) is 5.32 Å². The topological polar surface area (TPSA) is 97.1 Å². The van der Waals surface area contributed by atoms with E-state index in [1.165, 1.54) is 28.2 Å². The molecule has 0 aliphatic rings. The minimum absolute atomic E-state index is 0.256. The molecule has 0 unspecified atom stereocenters. The number of carbonyl (C=O) groups excluding carboxylic acids is 1. The monoisotopic (exact) mass is 385 g/mol. The van der Waals surface area contributed by atoms with Crippen LogP contribution in [0.15, 0.2) is 36.0 Å². The second-order valence-electron chi connectivity index (χ2n) is 5.73. The average molecular weight is 385 g/mol. The molecule has 3 aromatic heterocycles. The number of hydrogen-bond donors (Lipinski definition) is 2. The van der Waals surface area contributed by atoms with Crippen LogP contribution in [-0.2, 0) is 0 Å². The van der Waals surface area contributed by atoms with Crippen molar-refractivity contribution in [3.8, 4) is 10.6 Å². The van der Waals surface area contributed by atoms with Crippen LogP contribution >= 0.6 is 22.7 Å². The van der Waals surface area contributed by atoms with Crippen LogP contribution in [0.3, 0.4) is 0 Å². The molecule has 10 heteroatoms. The first-order valence-electron chi connectivity index (χ1n) is 7.85. The number of amides is 2. The minimum Gasteiger partial charge on any atom is -0.330 e. The van der Waals surface area contributed by atoms with E-state index in [0.717, 1.165) is 21.2 Å². The Labute approximate surface area is 156 Å². The summed E-state index contributed by atoms with van der Waals surface area (Å²) in [6, 6.07) is 7.40. The van der Waals surface area contributed by atoms with Crippen molar-refractivity contribution in [1.29, 1.82) is 0 Å². The molecule has 0 fully saturated rings. The average Bonchev–Trinajstić information content (AvgIpc) is 3.30. The molecule has 4 rings (SSSR count). The quantitative estimate of drug-likeness (QED) is 0.560. The maximum atomic E-state index is 12.2. The van der Waals surface area contributed by atoms with Crippen LogP contribution in [-0.4, -0.2) is 30.8 Å². The fourth-order valence-corrected chi connectivity index (χ4v) is 3.71. The van der Waals surface area contributed by atoms with E-state index >= 15 is 0 Å². The highest BCUT2D eigenvalue weighted by molar-refractivity contribution is 7.18. The number of imidazole rings is 1. The molecule has 4 aromatic rings. The zero-order chi connectivity index (χ0) is 18.1. The Hall–Kier alpha value is -2.85. The molecule has 0 radical (unpaired) electrons. The van der Waals surface area contributed by atoms with Crippen LogP contribution in [0.25, 0.3) is 15.5 Å². The number of nitrogens with one attached hydrogen (secondary N) is 2. The highest BCUT2D eigenvalue weighted by atomic mass is 32.1. The summed E-state index contributed by atoms with van der Waals surface area (Å²) >= 11 is 2.77. The predicted molar refractivity (Wildman–Crippen MR) is 102 cm³/mol. The van der Waals surface area contributed by atoms with Gasteiger partial charge in [-0.2, -0.15) is 5.10 Å². The number of urea groups is 1. The van der Waals surface area contributed by atoms with Crippen molar-refractivity contribution >= 4 is 38.8 Å². The summed E-state index contributed by atoms with van der Waals surface area (Å²) in [5, 5.41) is 19.1. The molecule has 0 spiro atoms. The Balaban J connectivity index is 1.40. The first-order chi connectivity index (χ1) is 12.6. The maximum Gasteiger partial charge on any atom is 0.321 e. The number of aryl methyl sites for hydroxylation is 1. The Morgan fingerprint density at radius 2 is 2.04 bits per heavy atom. The van der Waals surface area contributed by atoms with Gasteiger partial charge in [0.15, 0.2) is 0 Å². The molecule has 0 bridgehead atoms. The van der Waals surface area contributed by atoms with Crippen molar-refractivity contribution in [3.05, 3.63) is 47.2 Å². The van der Waals surface area contributed by atoms with Gasteiger partial charge in [0.25, 0.3) is 0 Å². The highest BCUT2D eigenvalue weighted by Crippen LogP contribution is 2.26. The van der Waals surface area contributed by atoms with Gasteiger partial charge in [-0.1, -0.05) is 52.5 Å². The Bertz CT molecular complexity index is 1020. The number of nitrogens with zero attached hydrogens (tertiary/aromatic N) is 5. The lowest BCUT2D eigenvalue weighted by atomic mass is 10.2. The molecule has 2 N–H and O–H groups in total. The second-order valence-corrected chi connectivity index (χ2v) is 7.52. The van der Waals surface area contributed by atoms with Crippen LogP contribution in [0.4, 0.5) is 9.93 Å². The first-order valence-corrected chi connectivity index (χ1v) is 9.55. The predicted octanol–water partition coefficient (Wildman–Crippen LogP) is 3.50. The summed E-state index contributed by atoms with van der Waals surface area (Å²) in [7, 11) is 0. The SMILES string of the molecule is Cc1ccc(-c2nnc(NC(=O)N[C@@H](C)c3cn4ncsc4n3)s2)cc1. The van der Waals surface area contributed by atoms with Gasteiger partial charge in [-0.05, 0) is 13.8 Å². The van der Waals surface area contributed by atoms with E-state index in [9.17, 15) is 4.79 Å². The van der Waals surface area contributed by atoms with Gasteiger partial charge in [0.05, 0.1) is 17.9 Å². The van der Waals surface area contributed by atoms with Crippen molar-refractivity contribution < 1.29 is 4.79 Å². The number of benzene rings is 1. The van der Waals surface area contributed by atoms with Crippen LogP contribution in [0, 0.1) is 6.92 Å². The van der Waals surface area contributed by atoms with Gasteiger partial charge in [0.1, 0.15) is 10.5 Å². The molecule has 0 aliphatic heterocycles. The smallest absolute Gasteiger partial charge is 0.321 e. The van der Waals surface area contributed by atoms with E-state index in [1.54, 1.807) is 16.2 Å². The van der Waals surface area contributed by atoms with Crippen LogP contribution < -0.4 is 10.6 Å². The van der Waals surface area contributed by atoms with Gasteiger partial charge in [-0.25, -0.2) is 14.3 Å². The zero-order valence-corrected chi connectivity index (χ0v) is 15.6. The van der Waals surface area contributed by atoms with E-state index in [4.69, 9.17) is 0 Å². The van der Waals surface area contributed by atoms with Gasteiger partial charge in [0.2, 0.25) is 10.1 Å². The Morgan fingerprint density at radius 1 is 1.23 bits per heavy atom. The number of aromatic nitrogens is 5. The first kappa shape index (κ1) is 16.6. The molecule has 132 valence electrons. The van der Waals surface area contributed by atoms with Crippen LogP contribution in [0.5, 0.6) is 0 Å². The highest BCUT2D eigenvalue weighted by Gasteiger charge is 2.15. The Kier molecular flexibility index (Phi) is 4.35. The molecule has 0 aliphatic carbocycles. The molecule has 3 heterocycles. The fourth-order valence-electron chi connectivity index (χ4n) is 2.35. The van der Waals surface area contributed by atoms with E-state index in [0.29, 0.717) is 5.13 Å². The van der Waals surface area contributed by atoms with Crippen LogP contribution in [0.2, 0.25) is 0 Å². The number of hydrogen-bond acceptors (Lipinski definition) is 7. The summed E-state index contributed by atoms with van der Waals surface area (Å²) in [5.74, 6) is 0. The summed E-state index contributed by atoms with van der Waals surface area (Å²) in [6.45, 7) is 3.89. The maximum absolute atomic E-state index is 12.2. The fraction of sp³-hybridized carbons (Fsp3) is 0.188. The van der Waals surface area contributed by atoms with Crippen LogP contribution in [0.1, 0.15) is 24.2 Å². The lowest BCUT2D eigenvalue weighted by Crippen LogP contribution is -2.31. The van der Waals surface area contributed by atoms with E-state index in [1.807, 2.05) is 38.1 Å². The van der Waals surface area contributed by atoms with Gasteiger partial charge in [-0.3, -0.25) is 5.32 Å². The standard InChI is InChI=1S/C16H15N7OS2/c1-9-3-5-11(6-4-9)13-21-22-15(26-13)20-14(24)18-10(2)12-7-23-16(19-12)25-8-17-23/h3-8,10H,1-2H3,(H2,18,20,22,24)/t10-/m0/s1. The normalized spacial score (nSPS) is 12.2. The molecule has 26 heavy (non-hydrogen) atoms. The molecule has 8 nitrogen and oxygen atoms in total. The third kappa shape index (κ3) is 3.41. The summed E-state index contributed by atoms with van der Waals surface area (Å²) < 4.78 is 1.69. The molecule has 1 aromatic carbocycles. The van der Waals surface area contributed by atoms with Gasteiger partial charge < -0.3 is 5.32 Å². The number of rotatable bonds is 4. The minimum atomic E-state index is -0.353. The van der Waals surface area contributed by atoms with Gasteiger partial charge in [-0.15, -0.1) is 10.2 Å². The lowest BCUT2D eigenvalue weighted by molar-refractivity contribution is 0.249. The van der Waals surface area contributed by atoms with Crippen molar-refractivity contribution in [3.63, 3.8) is 0 Å². The zero-order valence-electron chi connectivity index (χ0n) is 14.0. The van der Waals surface area contributed by atoms with E-state index in [-0.39, 0.29) is 12.1 Å². The Morgan fingerprint density at radius 3 is 2.81 bits per heavy atom. The molecule has 0 saturated heterocycles. The lowest BCUT2D eigenvalue weighted by Gasteiger charge is -2.10. The van der Waals surface area contributed by atoms with E-state index < -0.39 is 0 Å². The molecule has 0 saturated carbocycles. The molecular formula is C16H15N7OS2. The number of anilines is 1. The van der Waals surface area contributed by atoms with Crippen molar-refractivity contribution in [2.45, 2.75) is 19.9 Å². The largest absolute Gasteiger partial charge is 0.330 e. The van der Waals surface area contributed by atoms with Gasteiger partial charge in [0, 0.05) is 5.56 Å². The third-order valence-corrected chi connectivity index (χ3v) is 5.32. The van der Waals surface area contributed by atoms with Gasteiger partial charge >= 0.3 is 6.03 Å². The summed E-state index contributed by atoms with van der Waals surface area (Å²) in [4.78, 5) is 17.4. The van der Waals surface area contributed by atoms with Crippen molar-refractivity contribution in [2.24, 2.45) is 0 Å². The summed E-state index contributed by atoms with van der Waals surface area (Å²) in [5.41, 5.74) is 4.62. The second kappa shape index (κ2) is 6.81. The number of fused-ring (bicyclic) bond motifs is 1. The molecular weight excluding hydrogens is 370 g/mol. The third-order valence-electron chi connectivity index (χ3n) is 3.74. The van der Waals surface area contributed by atoms with Crippen molar-refractivity contribution in [1.82, 2.24) is 30.1 Å². The summed E-state index contributed by atoms with van der Waals surface area (Å²) in [6.07, 6.45) is 1.80. The number of carbonyl (C=O) groups is 1.